The monoisotopic (exact) mass is 421 g/mol. The highest BCUT2D eigenvalue weighted by molar-refractivity contribution is 7.16. The zero-order chi connectivity index (χ0) is 20.8. The van der Waals surface area contributed by atoms with E-state index in [0.717, 1.165) is 5.52 Å². The van der Waals surface area contributed by atoms with Crippen molar-refractivity contribution in [3.05, 3.63) is 52.7 Å². The maximum atomic E-state index is 12.7. The highest BCUT2D eigenvalue weighted by atomic mass is 32.1. The van der Waals surface area contributed by atoms with Gasteiger partial charge in [0.05, 0.1) is 11.0 Å². The van der Waals surface area contributed by atoms with Crippen LogP contribution in [-0.2, 0) is 16.1 Å². The number of hydrogen-bond acceptors (Lipinski definition) is 7. The molecule has 0 bridgehead atoms. The lowest BCUT2D eigenvalue weighted by Crippen LogP contribution is -2.52. The fourth-order valence-corrected chi connectivity index (χ4v) is 4.38. The molecule has 0 aliphatic carbocycles. The van der Waals surface area contributed by atoms with Crippen LogP contribution in [-0.4, -0.2) is 44.5 Å². The second kappa shape index (κ2) is 6.99. The summed E-state index contributed by atoms with van der Waals surface area (Å²) in [7, 11) is 0. The molecular formula is C20H15N5O4S. The molecule has 4 heterocycles. The Hall–Kier alpha value is -3.66. The van der Waals surface area contributed by atoms with Crippen LogP contribution in [0.5, 0.6) is 0 Å². The van der Waals surface area contributed by atoms with Gasteiger partial charge in [0.15, 0.2) is 0 Å². The largest absolute Gasteiger partial charge is 0.322 e. The number of nitrogens with zero attached hydrogens (tertiary/aromatic N) is 3. The number of anilines is 1. The molecule has 0 spiro atoms. The molecule has 1 unspecified atom stereocenters. The Morgan fingerprint density at radius 3 is 2.90 bits per heavy atom. The maximum absolute atomic E-state index is 12.7. The first kappa shape index (κ1) is 18.4. The Bertz CT molecular complexity index is 1240. The number of benzene rings is 1. The van der Waals surface area contributed by atoms with Gasteiger partial charge in [-0.1, -0.05) is 0 Å². The van der Waals surface area contributed by atoms with Crippen LogP contribution in [0.3, 0.4) is 0 Å². The fraction of sp³-hybridized carbons (Fsp3) is 0.200. The molecule has 0 radical (unpaired) electrons. The first-order valence-electron chi connectivity index (χ1n) is 9.29. The molecule has 150 valence electrons. The van der Waals surface area contributed by atoms with E-state index in [1.165, 1.54) is 16.2 Å². The lowest BCUT2D eigenvalue weighted by Gasteiger charge is -2.29. The molecule has 2 N–H and O–H groups in total. The van der Waals surface area contributed by atoms with Gasteiger partial charge in [0, 0.05) is 24.2 Å². The van der Waals surface area contributed by atoms with Gasteiger partial charge in [-0.05, 0) is 42.3 Å². The number of pyridine rings is 1. The Kier molecular flexibility index (Phi) is 4.28. The number of nitrogens with one attached hydrogen (secondary N) is 2. The number of carbonyl (C=O) groups excluding carboxylic acids is 4. The average molecular weight is 421 g/mol. The summed E-state index contributed by atoms with van der Waals surface area (Å²) < 4.78 is 0. The molecule has 0 saturated carbocycles. The molecule has 9 nitrogen and oxygen atoms in total. The predicted molar refractivity (Wildman–Crippen MR) is 108 cm³/mol. The molecule has 10 heteroatoms. The van der Waals surface area contributed by atoms with E-state index in [9.17, 15) is 19.2 Å². The summed E-state index contributed by atoms with van der Waals surface area (Å²) in [6.07, 6.45) is 0.509. The van der Waals surface area contributed by atoms with Gasteiger partial charge in [-0.3, -0.25) is 24.5 Å². The van der Waals surface area contributed by atoms with Crippen LogP contribution in [0.1, 0.15) is 39.3 Å². The van der Waals surface area contributed by atoms with Crippen molar-refractivity contribution in [2.45, 2.75) is 25.4 Å². The molecule has 2 aliphatic heterocycles. The van der Waals surface area contributed by atoms with Crippen molar-refractivity contribution < 1.29 is 19.2 Å². The van der Waals surface area contributed by atoms with Crippen molar-refractivity contribution in [3.63, 3.8) is 0 Å². The Morgan fingerprint density at radius 1 is 1.20 bits per heavy atom. The molecule has 1 aromatic carbocycles. The molecule has 2 aliphatic rings. The summed E-state index contributed by atoms with van der Waals surface area (Å²) in [6, 6.07) is 7.69. The van der Waals surface area contributed by atoms with Gasteiger partial charge in [-0.2, -0.15) is 0 Å². The van der Waals surface area contributed by atoms with Gasteiger partial charge in [-0.15, -0.1) is 11.3 Å². The van der Waals surface area contributed by atoms with Gasteiger partial charge in [0.2, 0.25) is 11.8 Å². The van der Waals surface area contributed by atoms with Crippen LogP contribution in [0.15, 0.2) is 35.8 Å². The number of aromatic nitrogens is 2. The third-order valence-electron chi connectivity index (χ3n) is 5.21. The van der Waals surface area contributed by atoms with E-state index in [0.29, 0.717) is 28.1 Å². The van der Waals surface area contributed by atoms with Crippen molar-refractivity contribution in [3.8, 4) is 0 Å². The minimum absolute atomic E-state index is 0.203. The number of piperidine rings is 1. The van der Waals surface area contributed by atoms with Crippen molar-refractivity contribution in [1.29, 1.82) is 0 Å². The molecular weight excluding hydrogens is 406 g/mol. The lowest BCUT2D eigenvalue weighted by molar-refractivity contribution is -0.136. The minimum Gasteiger partial charge on any atom is -0.322 e. The number of amides is 4. The van der Waals surface area contributed by atoms with Crippen LogP contribution >= 0.6 is 11.3 Å². The molecule has 4 amide bonds. The van der Waals surface area contributed by atoms with Gasteiger partial charge < -0.3 is 10.2 Å². The van der Waals surface area contributed by atoms with Crippen molar-refractivity contribution >= 4 is 51.0 Å². The van der Waals surface area contributed by atoms with E-state index in [1.807, 2.05) is 0 Å². The molecule has 30 heavy (non-hydrogen) atoms. The molecule has 2 aromatic heterocycles. The SMILES string of the molecule is O=C1CCC(N2Cc3cc(NC(=O)c4ccc5ncsc5n4)ccc3C2=O)C(=O)N1. The summed E-state index contributed by atoms with van der Waals surface area (Å²) >= 11 is 1.36. The average Bonchev–Trinajstić information content (AvgIpc) is 3.32. The first-order chi connectivity index (χ1) is 14.5. The first-order valence-corrected chi connectivity index (χ1v) is 10.2. The Morgan fingerprint density at radius 2 is 2.07 bits per heavy atom. The number of rotatable bonds is 3. The topological polar surface area (TPSA) is 121 Å². The quantitative estimate of drug-likeness (QED) is 0.621. The van der Waals surface area contributed by atoms with Crippen LogP contribution in [0.4, 0.5) is 5.69 Å². The molecule has 5 rings (SSSR count). The third kappa shape index (κ3) is 3.11. The van der Waals surface area contributed by atoms with E-state index in [1.54, 1.807) is 35.8 Å². The lowest BCUT2D eigenvalue weighted by atomic mass is 10.0. The molecule has 1 saturated heterocycles. The highest BCUT2D eigenvalue weighted by Crippen LogP contribution is 2.29. The summed E-state index contributed by atoms with van der Waals surface area (Å²) in [5, 5.41) is 5.08. The third-order valence-corrected chi connectivity index (χ3v) is 5.94. The van der Waals surface area contributed by atoms with E-state index >= 15 is 0 Å². The van der Waals surface area contributed by atoms with Crippen molar-refractivity contribution in [2.75, 3.05) is 5.32 Å². The maximum Gasteiger partial charge on any atom is 0.274 e. The molecule has 3 aromatic rings. The van der Waals surface area contributed by atoms with Gasteiger partial charge in [0.1, 0.15) is 16.6 Å². The van der Waals surface area contributed by atoms with E-state index in [4.69, 9.17) is 0 Å². The predicted octanol–water partition coefficient (Wildman–Crippen LogP) is 1.70. The van der Waals surface area contributed by atoms with E-state index in [-0.39, 0.29) is 36.4 Å². The second-order valence-electron chi connectivity index (χ2n) is 7.10. The summed E-state index contributed by atoms with van der Waals surface area (Å²) in [5.41, 5.74) is 4.42. The van der Waals surface area contributed by atoms with Crippen LogP contribution < -0.4 is 10.6 Å². The van der Waals surface area contributed by atoms with E-state index in [2.05, 4.69) is 20.6 Å². The number of imide groups is 1. The zero-order valence-electron chi connectivity index (χ0n) is 15.5. The van der Waals surface area contributed by atoms with Crippen LogP contribution in [0.25, 0.3) is 10.3 Å². The number of hydrogen-bond donors (Lipinski definition) is 2. The fourth-order valence-electron chi connectivity index (χ4n) is 3.72. The summed E-state index contributed by atoms with van der Waals surface area (Å²) in [5.74, 6) is -1.40. The number of carbonyl (C=O) groups is 4. The minimum atomic E-state index is -0.670. The Balaban J connectivity index is 1.34. The van der Waals surface area contributed by atoms with Gasteiger partial charge in [0.25, 0.3) is 11.8 Å². The van der Waals surface area contributed by atoms with Gasteiger partial charge in [-0.25, -0.2) is 9.97 Å². The Labute approximate surface area is 174 Å². The van der Waals surface area contributed by atoms with E-state index < -0.39 is 11.9 Å². The normalized spacial score (nSPS) is 18.5. The number of thiazole rings is 1. The zero-order valence-corrected chi connectivity index (χ0v) is 16.4. The summed E-state index contributed by atoms with van der Waals surface area (Å²) in [4.78, 5) is 59.4. The molecule has 1 atom stereocenters. The van der Waals surface area contributed by atoms with Crippen molar-refractivity contribution in [1.82, 2.24) is 20.2 Å². The summed E-state index contributed by atoms with van der Waals surface area (Å²) in [6.45, 7) is 0.245. The van der Waals surface area contributed by atoms with Gasteiger partial charge >= 0.3 is 0 Å². The second-order valence-corrected chi connectivity index (χ2v) is 7.93. The van der Waals surface area contributed by atoms with Crippen molar-refractivity contribution in [2.24, 2.45) is 0 Å². The standard InChI is InChI=1S/C20H15N5O4S/c26-16-6-5-15(18(28)24-16)25-8-10-7-11(1-2-12(10)20(25)29)22-17(27)13-3-4-14-19(23-13)30-9-21-14/h1-4,7,9,15H,5-6,8H2,(H,22,27)(H,24,26,28). The highest BCUT2D eigenvalue weighted by Gasteiger charge is 2.39. The van der Waals surface area contributed by atoms with Crippen LogP contribution in [0.2, 0.25) is 0 Å². The number of fused-ring (bicyclic) bond motifs is 2. The molecule has 1 fully saturated rings. The smallest absolute Gasteiger partial charge is 0.274 e. The van der Waals surface area contributed by atoms with Crippen LogP contribution in [0, 0.1) is 0 Å².